The largest absolute Gasteiger partial charge is 0.397 e. The van der Waals surface area contributed by atoms with Crippen molar-refractivity contribution < 1.29 is 9.00 Å². The van der Waals surface area contributed by atoms with Gasteiger partial charge >= 0.3 is 0 Å². The molecule has 7 heteroatoms. The van der Waals surface area contributed by atoms with E-state index in [0.29, 0.717) is 21.8 Å². The van der Waals surface area contributed by atoms with Crippen LogP contribution < -0.4 is 11.1 Å². The number of nitrogens with one attached hydrogen (secondary N) is 2. The molecule has 1 aromatic heterocycles. The van der Waals surface area contributed by atoms with E-state index in [1.807, 2.05) is 29.0 Å². The zero-order valence-corrected chi connectivity index (χ0v) is 15.1. The summed E-state index contributed by atoms with van der Waals surface area (Å²) in [5.41, 5.74) is 9.44. The summed E-state index contributed by atoms with van der Waals surface area (Å²) in [4.78, 5) is 12.8. The van der Waals surface area contributed by atoms with Crippen molar-refractivity contribution in [1.29, 1.82) is 4.78 Å². The Kier molecular flexibility index (Phi) is 4.61. The van der Waals surface area contributed by atoms with Crippen LogP contribution in [0.1, 0.15) is 10.4 Å². The molecule has 0 saturated carbocycles. The zero-order chi connectivity index (χ0) is 18.0. The highest BCUT2D eigenvalue weighted by Crippen LogP contribution is 2.29. The van der Waals surface area contributed by atoms with Gasteiger partial charge in [0.05, 0.1) is 21.1 Å². The fourth-order valence-corrected chi connectivity index (χ4v) is 3.65. The minimum atomic E-state index is -2.79. The van der Waals surface area contributed by atoms with Crippen LogP contribution in [0.3, 0.4) is 0 Å². The molecular weight excluding hydrogens is 354 g/mol. The van der Waals surface area contributed by atoms with Crippen LogP contribution in [0.25, 0.3) is 11.1 Å². The van der Waals surface area contributed by atoms with Crippen LogP contribution >= 0.6 is 11.3 Å². The van der Waals surface area contributed by atoms with E-state index in [1.54, 1.807) is 29.5 Å². The maximum atomic E-state index is 12.4. The lowest BCUT2D eigenvalue weighted by Crippen LogP contribution is -2.13. The molecule has 0 aliphatic rings. The average molecular weight is 371 g/mol. The summed E-state index contributed by atoms with van der Waals surface area (Å²) in [6.45, 7) is 0. The van der Waals surface area contributed by atoms with Crippen LogP contribution in [-0.4, -0.2) is 16.4 Å². The highest BCUT2D eigenvalue weighted by molar-refractivity contribution is 7.91. The number of amides is 1. The van der Waals surface area contributed by atoms with Crippen molar-refractivity contribution in [2.24, 2.45) is 0 Å². The number of nitrogen functional groups attached to an aromatic ring is 1. The van der Waals surface area contributed by atoms with Crippen molar-refractivity contribution >= 4 is 38.3 Å². The fourth-order valence-electron chi connectivity index (χ4n) is 2.33. The third-order valence-corrected chi connectivity index (χ3v) is 5.58. The Morgan fingerprint density at radius 2 is 1.84 bits per heavy atom. The molecule has 128 valence electrons. The van der Waals surface area contributed by atoms with Gasteiger partial charge in [0, 0.05) is 16.7 Å². The topological polar surface area (TPSA) is 96.0 Å². The molecule has 1 unspecified atom stereocenters. The summed E-state index contributed by atoms with van der Waals surface area (Å²) in [5.74, 6) is -0.312. The number of hydrogen-bond donors (Lipinski definition) is 3. The Morgan fingerprint density at radius 1 is 1.12 bits per heavy atom. The van der Waals surface area contributed by atoms with Crippen molar-refractivity contribution in [1.82, 2.24) is 0 Å². The smallest absolute Gasteiger partial charge is 0.255 e. The molecule has 3 rings (SSSR count). The molecule has 2 aromatic carbocycles. The average Bonchev–Trinajstić information content (AvgIpc) is 3.10. The summed E-state index contributed by atoms with van der Waals surface area (Å²) in [5, 5.41) is 6.82. The Bertz CT molecular complexity index is 1010. The zero-order valence-electron chi connectivity index (χ0n) is 13.5. The van der Waals surface area contributed by atoms with E-state index in [9.17, 15) is 9.00 Å². The molecule has 0 spiro atoms. The van der Waals surface area contributed by atoms with Gasteiger partial charge < -0.3 is 11.1 Å². The fraction of sp³-hybridized carbons (Fsp3) is 0.0556. The van der Waals surface area contributed by atoms with Crippen molar-refractivity contribution in [2.45, 2.75) is 4.90 Å². The molecule has 4 N–H and O–H groups in total. The van der Waals surface area contributed by atoms with E-state index in [-0.39, 0.29) is 5.91 Å². The SMILES string of the molecule is CS(=N)(=O)c1ccc(C(=O)Nc2cc(-c3ccsc3)ccc2N)cc1. The van der Waals surface area contributed by atoms with Gasteiger partial charge in [-0.25, -0.2) is 8.99 Å². The van der Waals surface area contributed by atoms with Crippen LogP contribution in [0.15, 0.2) is 64.2 Å². The van der Waals surface area contributed by atoms with Crippen molar-refractivity contribution in [3.05, 3.63) is 64.9 Å². The van der Waals surface area contributed by atoms with Crippen molar-refractivity contribution in [3.8, 4) is 11.1 Å². The molecule has 0 fully saturated rings. The summed E-state index contributed by atoms with van der Waals surface area (Å²) in [6.07, 6.45) is 1.35. The van der Waals surface area contributed by atoms with E-state index in [4.69, 9.17) is 10.5 Å². The molecule has 0 bridgehead atoms. The molecule has 25 heavy (non-hydrogen) atoms. The highest BCUT2D eigenvalue weighted by Gasteiger charge is 2.11. The van der Waals surface area contributed by atoms with Crippen molar-refractivity contribution in [2.75, 3.05) is 17.3 Å². The second-order valence-corrected chi connectivity index (χ2v) is 8.57. The number of rotatable bonds is 4. The van der Waals surface area contributed by atoms with Gasteiger partial charge in [-0.3, -0.25) is 4.79 Å². The van der Waals surface area contributed by atoms with Crippen LogP contribution in [0.2, 0.25) is 0 Å². The second-order valence-electron chi connectivity index (χ2n) is 5.64. The van der Waals surface area contributed by atoms with Crippen LogP contribution in [0.4, 0.5) is 11.4 Å². The quantitative estimate of drug-likeness (QED) is 0.597. The summed E-state index contributed by atoms with van der Waals surface area (Å²) in [6, 6.07) is 13.7. The normalized spacial score (nSPS) is 13.2. The molecule has 3 aromatic rings. The minimum absolute atomic E-state index is 0.312. The molecule has 5 nitrogen and oxygen atoms in total. The van der Waals surface area contributed by atoms with Gasteiger partial charge in [0.25, 0.3) is 5.91 Å². The maximum Gasteiger partial charge on any atom is 0.255 e. The molecule has 0 aliphatic heterocycles. The molecular formula is C18H17N3O2S2. The Hall–Kier alpha value is -2.64. The number of thiophene rings is 1. The van der Waals surface area contributed by atoms with E-state index in [0.717, 1.165) is 11.1 Å². The van der Waals surface area contributed by atoms with E-state index >= 15 is 0 Å². The lowest BCUT2D eigenvalue weighted by atomic mass is 10.1. The lowest BCUT2D eigenvalue weighted by Gasteiger charge is -2.10. The van der Waals surface area contributed by atoms with Crippen LogP contribution in [-0.2, 0) is 9.73 Å². The first kappa shape index (κ1) is 17.2. The molecule has 1 amide bonds. The monoisotopic (exact) mass is 371 g/mol. The van der Waals surface area contributed by atoms with E-state index < -0.39 is 9.73 Å². The van der Waals surface area contributed by atoms with Gasteiger partial charge in [-0.2, -0.15) is 11.3 Å². The van der Waals surface area contributed by atoms with Gasteiger partial charge in [-0.15, -0.1) is 0 Å². The van der Waals surface area contributed by atoms with Gasteiger partial charge in [0.2, 0.25) is 0 Å². The van der Waals surface area contributed by atoms with Crippen LogP contribution in [0.5, 0.6) is 0 Å². The number of carbonyl (C=O) groups is 1. The van der Waals surface area contributed by atoms with E-state index in [2.05, 4.69) is 5.32 Å². The molecule has 0 aliphatic carbocycles. The predicted octanol–water partition coefficient (Wildman–Crippen LogP) is 4.29. The van der Waals surface area contributed by atoms with Gasteiger partial charge in [0.15, 0.2) is 0 Å². The summed E-state index contributed by atoms with van der Waals surface area (Å²) >= 11 is 1.60. The van der Waals surface area contributed by atoms with Gasteiger partial charge in [-0.1, -0.05) is 6.07 Å². The standard InChI is InChI=1S/C18H17N3O2S2/c1-25(20,23)15-5-2-12(3-6-15)18(22)21-17-10-13(4-7-16(17)19)14-8-9-24-11-14/h2-11,20H,19H2,1H3,(H,21,22). The number of benzene rings is 2. The maximum absolute atomic E-state index is 12.4. The number of nitrogens with two attached hydrogens (primary N) is 1. The summed E-state index contributed by atoms with van der Waals surface area (Å²) in [7, 11) is -2.79. The lowest BCUT2D eigenvalue weighted by molar-refractivity contribution is 0.102. The minimum Gasteiger partial charge on any atom is -0.397 e. The third-order valence-electron chi connectivity index (χ3n) is 3.72. The Morgan fingerprint density at radius 3 is 2.44 bits per heavy atom. The van der Waals surface area contributed by atoms with Gasteiger partial charge in [-0.05, 0) is 64.4 Å². The molecule has 0 radical (unpaired) electrons. The second kappa shape index (κ2) is 6.70. The van der Waals surface area contributed by atoms with Crippen molar-refractivity contribution in [3.63, 3.8) is 0 Å². The number of carbonyl (C=O) groups excluding carboxylic acids is 1. The molecule has 1 heterocycles. The first-order chi connectivity index (χ1) is 11.8. The molecule has 1 atom stereocenters. The number of hydrogen-bond acceptors (Lipinski definition) is 5. The Balaban J connectivity index is 1.84. The van der Waals surface area contributed by atoms with Crippen LogP contribution in [0, 0.1) is 4.78 Å². The third kappa shape index (κ3) is 3.89. The molecule has 0 saturated heterocycles. The summed E-state index contributed by atoms with van der Waals surface area (Å²) < 4.78 is 19.3. The predicted molar refractivity (Wildman–Crippen MR) is 104 cm³/mol. The highest BCUT2D eigenvalue weighted by atomic mass is 32.2. The van der Waals surface area contributed by atoms with E-state index in [1.165, 1.54) is 18.4 Å². The van der Waals surface area contributed by atoms with Gasteiger partial charge in [0.1, 0.15) is 0 Å². The first-order valence-corrected chi connectivity index (χ1v) is 10.3. The Labute approximate surface area is 150 Å². The first-order valence-electron chi connectivity index (χ1n) is 7.42. The number of anilines is 2.